The molecule has 2 N–H and O–H groups in total. The molecular formula is C23H26FNO3. The lowest BCUT2D eigenvalue weighted by molar-refractivity contribution is -0.0730. The number of aliphatic hydroxyl groups is 2. The Morgan fingerprint density at radius 2 is 1.93 bits per heavy atom. The van der Waals surface area contributed by atoms with E-state index in [2.05, 4.69) is 11.0 Å². The number of nitrogens with zero attached hydrogens (tertiary/aromatic N) is 1. The first kappa shape index (κ1) is 19.1. The maximum atomic E-state index is 13.2. The molecule has 0 unspecified atom stereocenters. The van der Waals surface area contributed by atoms with Gasteiger partial charge in [-0.2, -0.15) is 0 Å². The van der Waals surface area contributed by atoms with Gasteiger partial charge >= 0.3 is 0 Å². The number of para-hydroxylation sites is 1. The van der Waals surface area contributed by atoms with E-state index in [-0.39, 0.29) is 12.4 Å². The highest BCUT2D eigenvalue weighted by molar-refractivity contribution is 5.62. The molecule has 2 aliphatic heterocycles. The Kier molecular flexibility index (Phi) is 5.49. The number of rotatable bonds is 5. The first-order valence-electron chi connectivity index (χ1n) is 9.75. The maximum Gasteiger partial charge on any atom is 0.127 e. The summed E-state index contributed by atoms with van der Waals surface area (Å²) in [7, 11) is 0. The van der Waals surface area contributed by atoms with Crippen molar-refractivity contribution in [2.24, 2.45) is 5.41 Å². The molecule has 4 rings (SSSR count). The van der Waals surface area contributed by atoms with Crippen molar-refractivity contribution in [3.8, 4) is 5.75 Å². The van der Waals surface area contributed by atoms with Gasteiger partial charge in [-0.1, -0.05) is 30.3 Å². The lowest BCUT2D eigenvalue weighted by atomic mass is 9.73. The quantitative estimate of drug-likeness (QED) is 0.834. The molecule has 0 amide bonds. The first-order valence-corrected chi connectivity index (χ1v) is 9.75. The Hall–Kier alpha value is -2.21. The standard InChI is InChI=1S/C23H26FNO3/c24-20-7-5-17(6-8-20)12-23(16-26)15-25(10-9-22(23)27)13-18-11-19-3-1-2-4-21(19)28-14-18/h1-8,11,22,26-27H,9-10,12-16H2/t22-,23-/m0/s1. The molecule has 1 fully saturated rings. The number of halogens is 1. The lowest BCUT2D eigenvalue weighted by Crippen LogP contribution is -2.55. The van der Waals surface area contributed by atoms with Gasteiger partial charge in [0, 0.05) is 30.6 Å². The van der Waals surface area contributed by atoms with E-state index in [1.54, 1.807) is 12.1 Å². The summed E-state index contributed by atoms with van der Waals surface area (Å²) in [6.45, 7) is 2.54. The molecule has 4 nitrogen and oxygen atoms in total. The van der Waals surface area contributed by atoms with Crippen LogP contribution in [0.5, 0.6) is 5.75 Å². The van der Waals surface area contributed by atoms with Crippen molar-refractivity contribution >= 4 is 6.08 Å². The Labute approximate surface area is 164 Å². The Morgan fingerprint density at radius 1 is 1.14 bits per heavy atom. The monoisotopic (exact) mass is 383 g/mol. The minimum Gasteiger partial charge on any atom is -0.489 e. The third-order valence-corrected chi connectivity index (χ3v) is 5.87. The van der Waals surface area contributed by atoms with Crippen LogP contribution in [-0.2, 0) is 6.42 Å². The number of hydrogen-bond acceptors (Lipinski definition) is 4. The van der Waals surface area contributed by atoms with E-state index in [0.29, 0.717) is 26.0 Å². The first-order chi connectivity index (χ1) is 13.6. The van der Waals surface area contributed by atoms with Gasteiger partial charge in [0.05, 0.1) is 12.7 Å². The van der Waals surface area contributed by atoms with E-state index >= 15 is 0 Å². The van der Waals surface area contributed by atoms with Crippen LogP contribution in [-0.4, -0.2) is 54.1 Å². The van der Waals surface area contributed by atoms with Crippen LogP contribution in [0.4, 0.5) is 4.39 Å². The smallest absolute Gasteiger partial charge is 0.127 e. The molecule has 2 aliphatic rings. The number of piperidine rings is 1. The van der Waals surface area contributed by atoms with Crippen LogP contribution in [0, 0.1) is 11.2 Å². The summed E-state index contributed by atoms with van der Waals surface area (Å²) in [6.07, 6.45) is 2.70. The molecule has 148 valence electrons. The number of hydrogen-bond donors (Lipinski definition) is 2. The summed E-state index contributed by atoms with van der Waals surface area (Å²) in [4.78, 5) is 2.27. The van der Waals surface area contributed by atoms with Gasteiger partial charge in [-0.25, -0.2) is 4.39 Å². The summed E-state index contributed by atoms with van der Waals surface area (Å²) < 4.78 is 19.1. The molecule has 0 spiro atoms. The molecule has 28 heavy (non-hydrogen) atoms. The molecule has 0 aromatic heterocycles. The van der Waals surface area contributed by atoms with Crippen LogP contribution in [0.25, 0.3) is 6.08 Å². The maximum absolute atomic E-state index is 13.2. The molecule has 2 atom stereocenters. The second-order valence-corrected chi connectivity index (χ2v) is 7.97. The molecule has 1 saturated heterocycles. The highest BCUT2D eigenvalue weighted by atomic mass is 19.1. The third-order valence-electron chi connectivity index (χ3n) is 5.87. The summed E-state index contributed by atoms with van der Waals surface area (Å²) in [6, 6.07) is 14.3. The zero-order valence-corrected chi connectivity index (χ0v) is 15.9. The normalized spacial score (nSPS) is 25.0. The molecule has 0 aliphatic carbocycles. The second kappa shape index (κ2) is 8.03. The van der Waals surface area contributed by atoms with Gasteiger partial charge in [0.1, 0.15) is 18.2 Å². The summed E-state index contributed by atoms with van der Waals surface area (Å²) in [5, 5.41) is 20.9. The van der Waals surface area contributed by atoms with Gasteiger partial charge in [0.15, 0.2) is 0 Å². The predicted octanol–water partition coefficient (Wildman–Crippen LogP) is 2.89. The predicted molar refractivity (Wildman–Crippen MR) is 107 cm³/mol. The molecule has 2 heterocycles. The van der Waals surface area contributed by atoms with Gasteiger partial charge in [0.25, 0.3) is 0 Å². The fraction of sp³-hybridized carbons (Fsp3) is 0.391. The van der Waals surface area contributed by atoms with Gasteiger partial charge in [-0.3, -0.25) is 4.90 Å². The van der Waals surface area contributed by atoms with Crippen LogP contribution in [0.3, 0.4) is 0 Å². The number of benzene rings is 2. The molecule has 2 aromatic rings. The van der Waals surface area contributed by atoms with Crippen molar-refractivity contribution in [1.29, 1.82) is 0 Å². The summed E-state index contributed by atoms with van der Waals surface area (Å²) in [5.74, 6) is 0.624. The highest BCUT2D eigenvalue weighted by Crippen LogP contribution is 2.35. The minimum atomic E-state index is -0.649. The van der Waals surface area contributed by atoms with E-state index in [1.165, 1.54) is 17.7 Å². The van der Waals surface area contributed by atoms with Gasteiger partial charge in [-0.05, 0) is 48.3 Å². The van der Waals surface area contributed by atoms with E-state index in [0.717, 1.165) is 30.0 Å². The third kappa shape index (κ3) is 3.97. The zero-order valence-electron chi connectivity index (χ0n) is 15.9. The zero-order chi connectivity index (χ0) is 19.6. The van der Waals surface area contributed by atoms with Crippen molar-refractivity contribution in [2.45, 2.75) is 18.9 Å². The van der Waals surface area contributed by atoms with E-state index < -0.39 is 11.5 Å². The number of fused-ring (bicyclic) bond motifs is 1. The average Bonchev–Trinajstić information content (AvgIpc) is 2.72. The van der Waals surface area contributed by atoms with Crippen LogP contribution in [0.1, 0.15) is 17.5 Å². The van der Waals surface area contributed by atoms with Gasteiger partial charge in [-0.15, -0.1) is 0 Å². The van der Waals surface area contributed by atoms with Crippen molar-refractivity contribution < 1.29 is 19.3 Å². The SMILES string of the molecule is OC[C@]1(Cc2ccc(F)cc2)CN(CC2=Cc3ccccc3OC2)CC[C@@H]1O. The molecule has 0 saturated carbocycles. The van der Waals surface area contributed by atoms with Crippen LogP contribution >= 0.6 is 0 Å². The van der Waals surface area contributed by atoms with Crippen LogP contribution in [0.2, 0.25) is 0 Å². The van der Waals surface area contributed by atoms with E-state index in [9.17, 15) is 14.6 Å². The molecule has 5 heteroatoms. The Balaban J connectivity index is 1.49. The second-order valence-electron chi connectivity index (χ2n) is 7.97. The van der Waals surface area contributed by atoms with Crippen molar-refractivity contribution in [3.05, 3.63) is 71.0 Å². The largest absolute Gasteiger partial charge is 0.489 e. The minimum absolute atomic E-state index is 0.111. The Bertz CT molecular complexity index is 851. The van der Waals surface area contributed by atoms with Crippen molar-refractivity contribution in [1.82, 2.24) is 4.90 Å². The van der Waals surface area contributed by atoms with Crippen LogP contribution in [0.15, 0.2) is 54.1 Å². The number of ether oxygens (including phenoxy) is 1. The molecular weight excluding hydrogens is 357 g/mol. The molecule has 0 bridgehead atoms. The molecule has 0 radical (unpaired) electrons. The highest BCUT2D eigenvalue weighted by Gasteiger charge is 2.42. The van der Waals surface area contributed by atoms with Crippen molar-refractivity contribution in [2.75, 3.05) is 32.8 Å². The lowest BCUT2D eigenvalue weighted by Gasteiger charge is -2.46. The van der Waals surface area contributed by atoms with Gasteiger partial charge in [0.2, 0.25) is 0 Å². The van der Waals surface area contributed by atoms with E-state index in [1.807, 2.05) is 24.3 Å². The average molecular weight is 383 g/mol. The number of likely N-dealkylation sites (tertiary alicyclic amines) is 1. The van der Waals surface area contributed by atoms with E-state index in [4.69, 9.17) is 4.74 Å². The fourth-order valence-electron chi connectivity index (χ4n) is 4.31. The topological polar surface area (TPSA) is 52.9 Å². The fourth-order valence-corrected chi connectivity index (χ4v) is 4.31. The van der Waals surface area contributed by atoms with Crippen LogP contribution < -0.4 is 4.74 Å². The number of aliphatic hydroxyl groups excluding tert-OH is 2. The van der Waals surface area contributed by atoms with Crippen molar-refractivity contribution in [3.63, 3.8) is 0 Å². The summed E-state index contributed by atoms with van der Waals surface area (Å²) >= 11 is 0. The summed E-state index contributed by atoms with van der Waals surface area (Å²) in [5.41, 5.74) is 2.54. The molecule has 2 aromatic carbocycles. The van der Waals surface area contributed by atoms with Gasteiger partial charge < -0.3 is 14.9 Å². The Morgan fingerprint density at radius 3 is 2.71 bits per heavy atom.